The molecular weight excluding hydrogens is 597 g/mol. The van der Waals surface area contributed by atoms with Crippen LogP contribution in [0.5, 0.6) is 0 Å². The van der Waals surface area contributed by atoms with Crippen LogP contribution in [0.2, 0.25) is 0 Å². The lowest BCUT2D eigenvalue weighted by Crippen LogP contribution is -2.34. The van der Waals surface area contributed by atoms with Crippen LogP contribution in [0.1, 0.15) is 55.6 Å². The van der Waals surface area contributed by atoms with Crippen molar-refractivity contribution in [3.05, 3.63) is 163 Å². The molecule has 2 aliphatic rings. The monoisotopic (exact) mass is 636 g/mol. The molecule has 4 heteroatoms. The molecule has 0 spiro atoms. The second-order valence-electron chi connectivity index (χ2n) is 13.1. The molecule has 1 aliphatic carbocycles. The molecule has 240 valence electrons. The first-order valence-electron chi connectivity index (χ1n) is 17.5. The van der Waals surface area contributed by atoms with E-state index in [1.807, 2.05) is 24.8 Å². The van der Waals surface area contributed by atoms with E-state index in [1.165, 1.54) is 51.7 Å². The zero-order valence-electron chi connectivity index (χ0n) is 27.7. The molecule has 0 saturated heterocycles. The largest absolute Gasteiger partial charge is 0.338 e. The fourth-order valence-corrected chi connectivity index (χ4v) is 7.40. The van der Waals surface area contributed by atoms with Crippen LogP contribution in [-0.2, 0) is 0 Å². The van der Waals surface area contributed by atoms with E-state index < -0.39 is 0 Å². The summed E-state index contributed by atoms with van der Waals surface area (Å²) in [5.41, 5.74) is 9.55. The normalized spacial score (nSPS) is 21.0. The Morgan fingerprint density at radius 3 is 2.24 bits per heavy atom. The summed E-state index contributed by atoms with van der Waals surface area (Å²) in [6.07, 6.45) is 22.8. The molecule has 49 heavy (non-hydrogen) atoms. The van der Waals surface area contributed by atoms with Crippen LogP contribution in [0.4, 0.5) is 11.4 Å². The van der Waals surface area contributed by atoms with Crippen molar-refractivity contribution in [2.24, 2.45) is 4.99 Å². The van der Waals surface area contributed by atoms with E-state index in [0.717, 1.165) is 47.8 Å². The van der Waals surface area contributed by atoms with Gasteiger partial charge in [0.05, 0.1) is 11.2 Å². The molecule has 0 bridgehead atoms. The van der Waals surface area contributed by atoms with Crippen LogP contribution in [0.25, 0.3) is 38.5 Å². The van der Waals surface area contributed by atoms with Gasteiger partial charge in [0.15, 0.2) is 0 Å². The number of fused-ring (bicyclic) bond motifs is 2. The number of pyridine rings is 2. The van der Waals surface area contributed by atoms with E-state index in [2.05, 4.69) is 148 Å². The Morgan fingerprint density at radius 1 is 0.633 bits per heavy atom. The number of benzene rings is 4. The smallest absolute Gasteiger partial charge is 0.0709 e. The fraction of sp³-hybridized carbons (Fsp3) is 0.178. The number of allylic oxidation sites excluding steroid dienone is 5. The minimum atomic E-state index is 0.411. The molecular formula is C45H40N4. The van der Waals surface area contributed by atoms with E-state index >= 15 is 0 Å². The van der Waals surface area contributed by atoms with Gasteiger partial charge in [0, 0.05) is 65.0 Å². The zero-order chi connectivity index (χ0) is 32.8. The van der Waals surface area contributed by atoms with Gasteiger partial charge < -0.3 is 4.90 Å². The van der Waals surface area contributed by atoms with Crippen LogP contribution in [0, 0.1) is 0 Å². The molecule has 0 atom stereocenters. The Labute approximate surface area is 288 Å². The molecule has 0 N–H and O–H groups in total. The second kappa shape index (κ2) is 14.2. The SMILES string of the molecule is C1=C\C(c2ccc(N(c3ccc(-c4ccc5ccccc5n4)cc3)C3CCC(c4ccc5cnccc5c4)CC3)cc2)=C/C/C=C\N=C/C/1. The van der Waals surface area contributed by atoms with Crippen molar-refractivity contribution >= 4 is 44.8 Å². The van der Waals surface area contributed by atoms with Crippen molar-refractivity contribution in [2.45, 2.75) is 50.5 Å². The van der Waals surface area contributed by atoms with Crippen LogP contribution in [0.15, 0.2) is 157 Å². The summed E-state index contributed by atoms with van der Waals surface area (Å²) in [6.45, 7) is 0. The number of nitrogens with zero attached hydrogens (tertiary/aromatic N) is 4. The van der Waals surface area contributed by atoms with Crippen molar-refractivity contribution in [2.75, 3.05) is 4.90 Å². The van der Waals surface area contributed by atoms with Crippen LogP contribution >= 0.6 is 0 Å². The summed E-state index contributed by atoms with van der Waals surface area (Å²) >= 11 is 0. The molecule has 1 saturated carbocycles. The Balaban J connectivity index is 1.08. The first-order valence-corrected chi connectivity index (χ1v) is 17.5. The first kappa shape index (κ1) is 30.7. The van der Waals surface area contributed by atoms with Crippen molar-refractivity contribution in [1.82, 2.24) is 9.97 Å². The number of rotatable bonds is 6. The Hall–Kier alpha value is -5.61. The molecule has 0 amide bonds. The standard InChI is InChI=1S/C45H40N4/c1-2-10-44-36(9-1)19-26-45(48-44)37-17-24-43(25-18-37)49(41-20-13-34(14-21-41)33-7-3-5-28-46-29-6-4-8-33)42-22-15-35(16-23-42)38-11-12-40-32-47-30-27-39(40)31-38/h1-3,6-14,17-21,24-32,35,42H,4-5,15-16,22-23H2/b7-3-,29-6-,33-8+,46-28-. The third kappa shape index (κ3) is 6.86. The minimum absolute atomic E-state index is 0.411. The van der Waals surface area contributed by atoms with Gasteiger partial charge in [-0.2, -0.15) is 0 Å². The second-order valence-corrected chi connectivity index (χ2v) is 13.1. The van der Waals surface area contributed by atoms with Crippen molar-refractivity contribution in [3.63, 3.8) is 0 Å². The van der Waals surface area contributed by atoms with Gasteiger partial charge in [-0.15, -0.1) is 0 Å². The minimum Gasteiger partial charge on any atom is -0.338 e. The molecule has 1 aliphatic heterocycles. The number of aromatic nitrogens is 2. The Kier molecular flexibility index (Phi) is 8.93. The van der Waals surface area contributed by atoms with E-state index in [0.29, 0.717) is 12.0 Å². The van der Waals surface area contributed by atoms with Crippen LogP contribution in [0.3, 0.4) is 0 Å². The Morgan fingerprint density at radius 2 is 1.41 bits per heavy atom. The maximum absolute atomic E-state index is 4.96. The lowest BCUT2D eigenvalue weighted by molar-refractivity contribution is 0.392. The van der Waals surface area contributed by atoms with E-state index in [4.69, 9.17) is 4.98 Å². The average Bonchev–Trinajstić information content (AvgIpc) is 3.17. The maximum atomic E-state index is 4.96. The molecule has 6 aromatic rings. The first-order chi connectivity index (χ1) is 24.3. The quantitative estimate of drug-likeness (QED) is 0.183. The highest BCUT2D eigenvalue weighted by Gasteiger charge is 2.28. The van der Waals surface area contributed by atoms with Gasteiger partial charge in [-0.05, 0) is 103 Å². The molecule has 4 nitrogen and oxygen atoms in total. The summed E-state index contributed by atoms with van der Waals surface area (Å²) in [5.74, 6) is 0.574. The highest BCUT2D eigenvalue weighted by molar-refractivity contribution is 5.83. The van der Waals surface area contributed by atoms with E-state index in [9.17, 15) is 0 Å². The summed E-state index contributed by atoms with van der Waals surface area (Å²) < 4.78 is 0. The average molecular weight is 637 g/mol. The van der Waals surface area contributed by atoms with E-state index in [-0.39, 0.29) is 0 Å². The van der Waals surface area contributed by atoms with Gasteiger partial charge in [0.1, 0.15) is 0 Å². The predicted molar refractivity (Wildman–Crippen MR) is 206 cm³/mol. The van der Waals surface area contributed by atoms with Crippen molar-refractivity contribution in [3.8, 4) is 11.3 Å². The summed E-state index contributed by atoms with van der Waals surface area (Å²) in [6, 6.07) is 40.3. The van der Waals surface area contributed by atoms with Gasteiger partial charge in [0.25, 0.3) is 0 Å². The summed E-state index contributed by atoms with van der Waals surface area (Å²) in [4.78, 5) is 16.2. The van der Waals surface area contributed by atoms with Crippen molar-refractivity contribution in [1.29, 1.82) is 0 Å². The van der Waals surface area contributed by atoms with Crippen LogP contribution < -0.4 is 4.90 Å². The highest BCUT2D eigenvalue weighted by Crippen LogP contribution is 2.41. The molecule has 4 aromatic carbocycles. The predicted octanol–water partition coefficient (Wildman–Crippen LogP) is 11.6. The van der Waals surface area contributed by atoms with Gasteiger partial charge in [-0.3, -0.25) is 9.98 Å². The van der Waals surface area contributed by atoms with E-state index in [1.54, 1.807) is 0 Å². The molecule has 3 heterocycles. The molecule has 8 rings (SSSR count). The number of aliphatic imine (C=N–C) groups is 1. The summed E-state index contributed by atoms with van der Waals surface area (Å²) in [7, 11) is 0. The number of anilines is 2. The molecule has 2 aromatic heterocycles. The topological polar surface area (TPSA) is 41.4 Å². The Bertz CT molecular complexity index is 2180. The third-order valence-corrected chi connectivity index (χ3v) is 10.0. The van der Waals surface area contributed by atoms with Gasteiger partial charge in [-0.25, -0.2) is 4.98 Å². The number of hydrogen-bond acceptors (Lipinski definition) is 4. The molecule has 0 unspecified atom stereocenters. The highest BCUT2D eigenvalue weighted by atomic mass is 15.2. The number of para-hydroxylation sites is 1. The summed E-state index contributed by atoms with van der Waals surface area (Å²) in [5, 5.41) is 3.65. The lowest BCUT2D eigenvalue weighted by Gasteiger charge is -2.39. The number of hydrogen-bond donors (Lipinski definition) is 0. The zero-order valence-corrected chi connectivity index (χ0v) is 27.7. The van der Waals surface area contributed by atoms with Crippen molar-refractivity contribution < 1.29 is 0 Å². The van der Waals surface area contributed by atoms with Crippen LogP contribution in [-0.4, -0.2) is 22.2 Å². The van der Waals surface area contributed by atoms with Gasteiger partial charge in [-0.1, -0.05) is 91.0 Å². The van der Waals surface area contributed by atoms with Gasteiger partial charge in [0.2, 0.25) is 0 Å². The maximum Gasteiger partial charge on any atom is 0.0709 e. The fourth-order valence-electron chi connectivity index (χ4n) is 7.40. The third-order valence-electron chi connectivity index (χ3n) is 10.0. The lowest BCUT2D eigenvalue weighted by atomic mass is 9.80. The molecule has 1 fully saturated rings. The van der Waals surface area contributed by atoms with Gasteiger partial charge >= 0.3 is 0 Å². The molecule has 0 radical (unpaired) electrons.